The van der Waals surface area contributed by atoms with E-state index < -0.39 is 0 Å². The van der Waals surface area contributed by atoms with Crippen molar-refractivity contribution in [3.05, 3.63) is 400 Å². The highest BCUT2D eigenvalue weighted by Gasteiger charge is 2.37. The second kappa shape index (κ2) is 29.6. The van der Waals surface area contributed by atoms with Crippen molar-refractivity contribution < 1.29 is 0 Å². The Morgan fingerprint density at radius 1 is 0.221 bits per heavy atom. The molecule has 13 heterocycles. The fourth-order valence-electron chi connectivity index (χ4n) is 22.1. The maximum absolute atomic E-state index is 5.51. The van der Waals surface area contributed by atoms with Crippen LogP contribution in [0.3, 0.4) is 0 Å². The van der Waals surface area contributed by atoms with Gasteiger partial charge >= 0.3 is 0 Å². The van der Waals surface area contributed by atoms with Crippen molar-refractivity contribution >= 4 is 257 Å². The highest BCUT2D eigenvalue weighted by Crippen LogP contribution is 2.55. The van der Waals surface area contributed by atoms with Crippen LogP contribution in [0.5, 0.6) is 0 Å². The maximum Gasteiger partial charge on any atom is 0.235 e. The Balaban J connectivity index is 0.0000000994. The van der Waals surface area contributed by atoms with Gasteiger partial charge in [-0.3, -0.25) is 28.7 Å². The van der Waals surface area contributed by atoms with Crippen molar-refractivity contribution in [1.82, 2.24) is 58.6 Å². The van der Waals surface area contributed by atoms with Crippen molar-refractivity contribution in [2.24, 2.45) is 0 Å². The minimum absolute atomic E-state index is 0.111. The smallest absolute Gasteiger partial charge is 0.235 e. The van der Waals surface area contributed by atoms with Crippen LogP contribution in [-0.2, 0) is 5.41 Å². The molecule has 0 fully saturated rings. The first kappa shape index (κ1) is 76.9. The summed E-state index contributed by atoms with van der Waals surface area (Å²) in [5.74, 6) is 1.96. The molecule has 1 aliphatic carbocycles. The van der Waals surface area contributed by atoms with Gasteiger partial charge < -0.3 is 0 Å². The van der Waals surface area contributed by atoms with Crippen molar-refractivity contribution in [3.8, 4) is 62.7 Å². The summed E-state index contributed by atoms with van der Waals surface area (Å²) in [6.07, 6.45) is 5.67. The number of rotatable bonds is 6. The zero-order valence-corrected chi connectivity index (χ0v) is 76.2. The molecule has 17 aromatic carbocycles. The van der Waals surface area contributed by atoms with Gasteiger partial charge in [-0.25, -0.2) is 29.9 Å². The molecule has 31 rings (SSSR count). The van der Waals surface area contributed by atoms with Gasteiger partial charge in [-0.2, -0.15) is 0 Å². The van der Waals surface area contributed by atoms with Crippen LogP contribution in [0.15, 0.2) is 389 Å². The molecule has 1 aliphatic rings. The summed E-state index contributed by atoms with van der Waals surface area (Å²) in [4.78, 5) is 47.0. The molecule has 12 nitrogen and oxygen atoms in total. The maximum atomic E-state index is 5.51. The van der Waals surface area contributed by atoms with Gasteiger partial charge in [0.15, 0.2) is 0 Å². The molecule has 0 bridgehead atoms. The number of hydrogen-bond donors (Lipinski definition) is 0. The first-order valence-corrected chi connectivity index (χ1v) is 48.9. The summed E-state index contributed by atoms with van der Waals surface area (Å²) in [6, 6.07) is 131. The average molecular weight is 1810 g/mol. The van der Waals surface area contributed by atoms with Gasteiger partial charge in [0, 0.05) is 140 Å². The molecule has 0 N–H and O–H groups in total. The van der Waals surface area contributed by atoms with Crippen molar-refractivity contribution in [2.75, 3.05) is 0 Å². The summed E-state index contributed by atoms with van der Waals surface area (Å²) >= 11 is 7.33. The van der Waals surface area contributed by atoms with Crippen LogP contribution in [0.4, 0.5) is 0 Å². The lowest BCUT2D eigenvalue weighted by Crippen LogP contribution is -2.15. The fraction of sp³-hybridized carbons (Fsp3) is 0.0250. The number of pyridine rings is 3. The molecule has 136 heavy (non-hydrogen) atoms. The Kier molecular flexibility index (Phi) is 16.8. The Morgan fingerprint density at radius 3 is 0.993 bits per heavy atom. The Hall–Kier alpha value is -16.7. The molecule has 0 amide bonds. The highest BCUT2D eigenvalue weighted by atomic mass is 32.1. The summed E-state index contributed by atoms with van der Waals surface area (Å²) in [7, 11) is 0. The highest BCUT2D eigenvalue weighted by molar-refractivity contribution is 7.28. The van der Waals surface area contributed by atoms with Gasteiger partial charge in [0.1, 0.15) is 0 Å². The molecular formula is C120H70N12S4. The number of hydrogen-bond acceptors (Lipinski definition) is 13. The molecule has 0 saturated carbocycles. The Labute approximate surface area is 790 Å². The number of fused-ring (bicyclic) bond motifs is 39. The van der Waals surface area contributed by atoms with Gasteiger partial charge in [-0.1, -0.05) is 299 Å². The van der Waals surface area contributed by atoms with E-state index in [2.05, 4.69) is 367 Å². The molecule has 16 heteroatoms. The first-order valence-electron chi connectivity index (χ1n) is 45.6. The lowest BCUT2D eigenvalue weighted by Gasteiger charge is -2.22. The standard InChI is InChI=1S/C44H28N4S.C41H22N4S2.C35H20N4S/c1-44(2)32-17-8-5-12-26(32)27-22-21-25(24-33(27)44)39-30-15-6-9-18-34(30)46-43(47-39)48-35-19-11-23-45-40(35)38-29-14-4-3-13-28(29)37-31-16-7-10-20-36(31)49-42(37)41(38)48;1-2-13-25-24(12-1)34-28-15-5-8-21-33(28)47-40(34)38-35(25)37-31(19-10-22-42-37)45(38)41-43-30-18-6-3-14-27(30)36(44-41)29-17-9-16-26-23-11-4-7-20-32(23)46-39(26)29;1-2-11-21(12-3-1)31-24-15-6-8-17-26(24)37-35(38-31)39-27-18-10-20-36-32(27)30-23-14-5-4-13-22(23)29-25-16-7-9-19-28(25)40-34(29)33(30)39/h3-24H,1-2H3;1-22H;1-20H. The van der Waals surface area contributed by atoms with Crippen molar-refractivity contribution in [3.63, 3.8) is 0 Å². The predicted octanol–water partition coefficient (Wildman–Crippen LogP) is 32.6. The topological polar surface area (TPSA) is 131 Å². The van der Waals surface area contributed by atoms with Crippen LogP contribution in [0.2, 0.25) is 0 Å². The van der Waals surface area contributed by atoms with Gasteiger partial charge in [0.25, 0.3) is 0 Å². The Bertz CT molecular complexity index is 10400. The van der Waals surface area contributed by atoms with E-state index >= 15 is 0 Å². The van der Waals surface area contributed by atoms with E-state index in [4.69, 9.17) is 44.9 Å². The Morgan fingerprint density at radius 2 is 0.544 bits per heavy atom. The summed E-state index contributed by atoms with van der Waals surface area (Å²) in [6.45, 7) is 4.66. The van der Waals surface area contributed by atoms with E-state index in [9.17, 15) is 0 Å². The lowest BCUT2D eigenvalue weighted by molar-refractivity contribution is 0.660. The summed E-state index contributed by atoms with van der Waals surface area (Å²) < 4.78 is 16.8. The first-order chi connectivity index (χ1) is 67.3. The zero-order chi connectivity index (χ0) is 89.3. The quantitative estimate of drug-likeness (QED) is 0.160. The SMILES string of the molecule is CC1(C)c2ccccc2-c2ccc(-c3nc(-n4c5cccnc5c5c6ccccc6c6c7ccccc7sc6c54)nc4ccccc34)cc21.c1ccc(-c2nc(-n3c4cccnc4c4c5ccccc5c5c6ccccc6sc5c43)nc3ccccc23)cc1.c1ccc2c(-c3cccc4c3sc3ccccc34)nc(-n3c4cccnc4c4c5ccccc5c5c6ccccc6sc5c43)nc2c1. The van der Waals surface area contributed by atoms with Crippen LogP contribution >= 0.6 is 45.3 Å². The van der Waals surface area contributed by atoms with Crippen LogP contribution in [0.25, 0.3) is 274 Å². The third-order valence-electron chi connectivity index (χ3n) is 27.9. The monoisotopic (exact) mass is 1810 g/mol. The molecule has 0 saturated heterocycles. The molecule has 634 valence electrons. The molecule has 0 radical (unpaired) electrons. The zero-order valence-electron chi connectivity index (χ0n) is 72.9. The van der Waals surface area contributed by atoms with Crippen molar-refractivity contribution in [2.45, 2.75) is 19.3 Å². The van der Waals surface area contributed by atoms with E-state index in [-0.39, 0.29) is 5.41 Å². The van der Waals surface area contributed by atoms with Crippen molar-refractivity contribution in [1.29, 1.82) is 0 Å². The molecular weight excluding hydrogens is 1740 g/mol. The summed E-state index contributed by atoms with van der Waals surface area (Å²) in [5.41, 5.74) is 23.2. The van der Waals surface area contributed by atoms with E-state index in [1.54, 1.807) is 0 Å². The number of nitrogens with zero attached hydrogens (tertiary/aromatic N) is 12. The van der Waals surface area contributed by atoms with Crippen LogP contribution < -0.4 is 0 Å². The third-order valence-corrected chi connectivity index (χ3v) is 32.7. The normalized spacial score (nSPS) is 12.7. The molecule has 0 atom stereocenters. The second-order valence-electron chi connectivity index (χ2n) is 35.6. The molecule has 0 unspecified atom stereocenters. The van der Waals surface area contributed by atoms with E-state index in [1.165, 1.54) is 135 Å². The van der Waals surface area contributed by atoms with E-state index in [1.807, 2.05) is 94.3 Å². The minimum Gasteiger partial charge on any atom is -0.275 e. The van der Waals surface area contributed by atoms with Crippen LogP contribution in [0, 0.1) is 0 Å². The molecule has 0 aliphatic heterocycles. The summed E-state index contributed by atoms with van der Waals surface area (Å²) in [5, 5.41) is 24.0. The van der Waals surface area contributed by atoms with E-state index in [0.29, 0.717) is 17.8 Å². The van der Waals surface area contributed by atoms with E-state index in [0.717, 1.165) is 132 Å². The lowest BCUT2D eigenvalue weighted by atomic mass is 9.82. The minimum atomic E-state index is -0.111. The number of aromatic nitrogens is 12. The van der Waals surface area contributed by atoms with Gasteiger partial charge in [0.2, 0.25) is 17.8 Å². The number of benzene rings is 17. The third kappa shape index (κ3) is 11.2. The average Bonchev–Trinajstić information content (AvgIpc) is 1.54. The molecule has 13 aromatic heterocycles. The van der Waals surface area contributed by atoms with Crippen LogP contribution in [-0.4, -0.2) is 58.6 Å². The van der Waals surface area contributed by atoms with Gasteiger partial charge in [0.05, 0.1) is 97.4 Å². The number of thiophene rings is 4. The molecule has 0 spiro atoms. The van der Waals surface area contributed by atoms with Gasteiger partial charge in [-0.15, -0.1) is 45.3 Å². The van der Waals surface area contributed by atoms with Gasteiger partial charge in [-0.05, 0) is 140 Å². The number of para-hydroxylation sites is 3. The second-order valence-corrected chi connectivity index (χ2v) is 39.8. The predicted molar refractivity (Wildman–Crippen MR) is 573 cm³/mol. The largest absolute Gasteiger partial charge is 0.275 e. The fourth-order valence-corrected chi connectivity index (χ4v) is 27.1. The molecule has 30 aromatic rings. The van der Waals surface area contributed by atoms with Crippen LogP contribution in [0.1, 0.15) is 25.0 Å².